The summed E-state index contributed by atoms with van der Waals surface area (Å²) in [6.45, 7) is 1.90. The molecule has 0 unspecified atom stereocenters. The zero-order chi connectivity index (χ0) is 15.5. The smallest absolute Gasteiger partial charge is 0.188 e. The van der Waals surface area contributed by atoms with E-state index in [1.807, 2.05) is 6.92 Å². The SMILES string of the molecule is Cc1c(Br)nc(Br)c2nc(C3(c4ncccc4F)CC3)nn12. The van der Waals surface area contributed by atoms with Gasteiger partial charge in [0.05, 0.1) is 16.8 Å². The molecule has 1 aliphatic rings. The molecule has 0 atom stereocenters. The van der Waals surface area contributed by atoms with Crippen LogP contribution in [-0.4, -0.2) is 24.6 Å². The van der Waals surface area contributed by atoms with Crippen LogP contribution in [0.3, 0.4) is 0 Å². The van der Waals surface area contributed by atoms with Gasteiger partial charge in [0, 0.05) is 6.20 Å². The maximum atomic E-state index is 14.1. The second kappa shape index (κ2) is 4.79. The van der Waals surface area contributed by atoms with E-state index in [2.05, 4.69) is 51.9 Å². The minimum Gasteiger partial charge on any atom is -0.257 e. The second-order valence-electron chi connectivity index (χ2n) is 5.37. The van der Waals surface area contributed by atoms with Gasteiger partial charge in [-0.2, -0.15) is 0 Å². The number of halogens is 3. The molecule has 3 aromatic rings. The van der Waals surface area contributed by atoms with Gasteiger partial charge in [-0.1, -0.05) is 0 Å². The van der Waals surface area contributed by atoms with Crippen LogP contribution in [0.5, 0.6) is 0 Å². The molecule has 0 spiro atoms. The predicted molar refractivity (Wildman–Crippen MR) is 85.1 cm³/mol. The van der Waals surface area contributed by atoms with Crippen molar-refractivity contribution >= 4 is 37.5 Å². The lowest BCUT2D eigenvalue weighted by Crippen LogP contribution is -2.15. The van der Waals surface area contributed by atoms with E-state index >= 15 is 0 Å². The first kappa shape index (κ1) is 14.2. The zero-order valence-electron chi connectivity index (χ0n) is 11.5. The van der Waals surface area contributed by atoms with Crippen molar-refractivity contribution in [2.24, 2.45) is 0 Å². The Labute approximate surface area is 142 Å². The molecule has 112 valence electrons. The molecule has 0 radical (unpaired) electrons. The Hall–Kier alpha value is -1.41. The Bertz CT molecular complexity index is 904. The van der Waals surface area contributed by atoms with Crippen molar-refractivity contribution in [3.63, 3.8) is 0 Å². The monoisotopic (exact) mass is 425 g/mol. The largest absolute Gasteiger partial charge is 0.257 e. The van der Waals surface area contributed by atoms with Gasteiger partial charge in [0.2, 0.25) is 0 Å². The number of hydrogen-bond donors (Lipinski definition) is 0. The highest BCUT2D eigenvalue weighted by molar-refractivity contribution is 9.11. The number of fused-ring (bicyclic) bond motifs is 1. The molecule has 1 saturated carbocycles. The van der Waals surface area contributed by atoms with Gasteiger partial charge in [-0.25, -0.2) is 18.9 Å². The van der Waals surface area contributed by atoms with E-state index in [-0.39, 0.29) is 5.82 Å². The van der Waals surface area contributed by atoms with Gasteiger partial charge in [0.15, 0.2) is 16.1 Å². The third kappa shape index (κ3) is 1.93. The first-order valence-corrected chi connectivity index (χ1v) is 8.31. The number of aromatic nitrogens is 5. The summed E-state index contributed by atoms with van der Waals surface area (Å²) in [4.78, 5) is 13.1. The van der Waals surface area contributed by atoms with Crippen molar-refractivity contribution in [1.29, 1.82) is 0 Å². The van der Waals surface area contributed by atoms with Crippen molar-refractivity contribution in [2.75, 3.05) is 0 Å². The van der Waals surface area contributed by atoms with Crippen LogP contribution in [0.25, 0.3) is 5.65 Å². The van der Waals surface area contributed by atoms with E-state index < -0.39 is 5.41 Å². The van der Waals surface area contributed by atoms with Gasteiger partial charge < -0.3 is 0 Å². The summed E-state index contributed by atoms with van der Waals surface area (Å²) in [6, 6.07) is 3.02. The first-order valence-electron chi connectivity index (χ1n) is 6.73. The van der Waals surface area contributed by atoms with Crippen molar-refractivity contribution in [3.05, 3.63) is 50.6 Å². The quantitative estimate of drug-likeness (QED) is 0.628. The number of pyridine rings is 1. The first-order chi connectivity index (χ1) is 10.5. The summed E-state index contributed by atoms with van der Waals surface area (Å²) in [6.07, 6.45) is 3.19. The van der Waals surface area contributed by atoms with Gasteiger partial charge in [0.1, 0.15) is 10.4 Å². The number of nitrogens with zero attached hydrogens (tertiary/aromatic N) is 5. The molecule has 22 heavy (non-hydrogen) atoms. The Kier molecular flexibility index (Phi) is 3.09. The van der Waals surface area contributed by atoms with Crippen LogP contribution < -0.4 is 0 Å². The zero-order valence-corrected chi connectivity index (χ0v) is 14.7. The molecule has 0 N–H and O–H groups in total. The fourth-order valence-electron chi connectivity index (χ4n) is 2.62. The van der Waals surface area contributed by atoms with Crippen molar-refractivity contribution < 1.29 is 4.39 Å². The minimum absolute atomic E-state index is 0.311. The highest BCUT2D eigenvalue weighted by atomic mass is 79.9. The van der Waals surface area contributed by atoms with Gasteiger partial charge >= 0.3 is 0 Å². The molecule has 8 heteroatoms. The molecule has 0 bridgehead atoms. The molecule has 0 aromatic carbocycles. The summed E-state index contributed by atoms with van der Waals surface area (Å²) in [5.74, 6) is 0.280. The molecule has 3 heterocycles. The summed E-state index contributed by atoms with van der Waals surface area (Å²) in [5, 5.41) is 4.58. The van der Waals surface area contributed by atoms with Crippen LogP contribution in [0.4, 0.5) is 4.39 Å². The molecule has 1 fully saturated rings. The van der Waals surface area contributed by atoms with Crippen LogP contribution in [-0.2, 0) is 5.41 Å². The maximum Gasteiger partial charge on any atom is 0.188 e. The summed E-state index contributed by atoms with van der Waals surface area (Å²) < 4.78 is 17.1. The minimum atomic E-state index is -0.518. The standard InChI is InChI=1S/C14H10Br2FN5/c1-7-10(15)19-11(16)12-20-13(21-22(7)12)14(4-5-14)9-8(17)3-2-6-18-9/h2-3,6H,4-5H2,1H3. The van der Waals surface area contributed by atoms with Gasteiger partial charge in [-0.3, -0.25) is 4.98 Å². The molecule has 0 amide bonds. The summed E-state index contributed by atoms with van der Waals surface area (Å²) in [5.41, 5.74) is 1.37. The third-order valence-electron chi connectivity index (χ3n) is 3.99. The predicted octanol–water partition coefficient (Wildman–Crippen LogP) is 3.57. The Morgan fingerprint density at radius 3 is 2.68 bits per heavy atom. The van der Waals surface area contributed by atoms with Gasteiger partial charge in [0.25, 0.3) is 0 Å². The average molecular weight is 427 g/mol. The number of hydrogen-bond acceptors (Lipinski definition) is 4. The van der Waals surface area contributed by atoms with Gasteiger partial charge in [-0.05, 0) is 63.8 Å². The molecule has 5 nitrogen and oxygen atoms in total. The number of aryl methyl sites for hydroxylation is 1. The molecule has 1 aliphatic carbocycles. The third-order valence-corrected chi connectivity index (χ3v) is 5.28. The van der Waals surface area contributed by atoms with Crippen LogP contribution in [0, 0.1) is 12.7 Å². The topological polar surface area (TPSA) is 56.0 Å². The van der Waals surface area contributed by atoms with Crippen LogP contribution >= 0.6 is 31.9 Å². The fourth-order valence-corrected chi connectivity index (χ4v) is 3.63. The molecule has 4 rings (SSSR count). The summed E-state index contributed by atoms with van der Waals surface area (Å²) >= 11 is 6.80. The molecule has 0 saturated heterocycles. The lowest BCUT2D eigenvalue weighted by molar-refractivity contribution is 0.570. The molecular formula is C14H10Br2FN5. The lowest BCUT2D eigenvalue weighted by Gasteiger charge is -2.10. The van der Waals surface area contributed by atoms with E-state index in [0.29, 0.717) is 26.4 Å². The van der Waals surface area contributed by atoms with Crippen LogP contribution in [0.1, 0.15) is 30.1 Å². The van der Waals surface area contributed by atoms with E-state index in [1.165, 1.54) is 6.07 Å². The van der Waals surface area contributed by atoms with Crippen molar-refractivity contribution in [1.82, 2.24) is 24.6 Å². The molecule has 0 aliphatic heterocycles. The van der Waals surface area contributed by atoms with Crippen molar-refractivity contribution in [3.8, 4) is 0 Å². The number of rotatable bonds is 2. The van der Waals surface area contributed by atoms with E-state index in [0.717, 1.165) is 18.5 Å². The van der Waals surface area contributed by atoms with Crippen LogP contribution in [0.15, 0.2) is 27.5 Å². The van der Waals surface area contributed by atoms with E-state index in [1.54, 1.807) is 16.8 Å². The molecular weight excluding hydrogens is 417 g/mol. The Balaban J connectivity index is 1.94. The Morgan fingerprint density at radius 1 is 1.23 bits per heavy atom. The lowest BCUT2D eigenvalue weighted by atomic mass is 10.0. The highest BCUT2D eigenvalue weighted by Gasteiger charge is 2.52. The van der Waals surface area contributed by atoms with Gasteiger partial charge in [-0.15, -0.1) is 5.10 Å². The molecule has 3 aromatic heterocycles. The summed E-state index contributed by atoms with van der Waals surface area (Å²) in [7, 11) is 0. The maximum absolute atomic E-state index is 14.1. The van der Waals surface area contributed by atoms with Crippen molar-refractivity contribution in [2.45, 2.75) is 25.2 Å². The van der Waals surface area contributed by atoms with E-state index in [4.69, 9.17) is 0 Å². The highest BCUT2D eigenvalue weighted by Crippen LogP contribution is 2.52. The van der Waals surface area contributed by atoms with E-state index in [9.17, 15) is 4.39 Å². The normalized spacial score (nSPS) is 16.2. The average Bonchev–Trinajstić information content (AvgIpc) is 3.17. The second-order valence-corrected chi connectivity index (χ2v) is 6.87. The fraction of sp³-hybridized carbons (Fsp3) is 0.286. The Morgan fingerprint density at radius 2 is 2.00 bits per heavy atom. The van der Waals surface area contributed by atoms with Crippen LogP contribution in [0.2, 0.25) is 0 Å².